The molecule has 0 amide bonds. The Hall–Kier alpha value is -3.72. The Morgan fingerprint density at radius 2 is 1.52 bits per heavy atom. The molecule has 0 aliphatic rings. The molecule has 0 saturated heterocycles. The first-order valence-electron chi connectivity index (χ1n) is 7.46. The van der Waals surface area contributed by atoms with Gasteiger partial charge in [0.25, 0.3) is 0 Å². The Bertz CT molecular complexity index is 1360. The maximum Gasteiger partial charge on any atom is 0.351 e. The summed E-state index contributed by atoms with van der Waals surface area (Å²) >= 11 is 1.34. The molecular weight excluding hydrogens is 376 g/mol. The summed E-state index contributed by atoms with van der Waals surface area (Å²) in [6, 6.07) is 7.27. The van der Waals surface area contributed by atoms with Gasteiger partial charge in [-0.2, -0.15) is 0 Å². The van der Waals surface area contributed by atoms with E-state index in [1.807, 2.05) is 0 Å². The second-order valence-electron chi connectivity index (χ2n) is 5.57. The Kier molecular flexibility index (Phi) is 3.67. The zero-order chi connectivity index (χ0) is 19.3. The first kappa shape index (κ1) is 16.7. The predicted molar refractivity (Wildman–Crippen MR) is 95.8 cm³/mol. The van der Waals surface area contributed by atoms with Crippen LogP contribution in [0, 0.1) is 0 Å². The van der Waals surface area contributed by atoms with Crippen molar-refractivity contribution in [3.05, 3.63) is 67.7 Å². The molecule has 1 aromatic carbocycles. The van der Waals surface area contributed by atoms with Crippen molar-refractivity contribution in [1.29, 1.82) is 0 Å². The fraction of sp³-hybridized carbons (Fsp3) is 0. The van der Waals surface area contributed by atoms with Crippen LogP contribution in [-0.2, 0) is 0 Å². The van der Waals surface area contributed by atoms with Crippen molar-refractivity contribution in [2.24, 2.45) is 0 Å². The Morgan fingerprint density at radius 3 is 2.11 bits per heavy atom. The Labute approximate surface area is 152 Å². The van der Waals surface area contributed by atoms with Crippen LogP contribution < -0.4 is 11.3 Å². The number of benzene rings is 1. The van der Waals surface area contributed by atoms with Gasteiger partial charge in [0.1, 0.15) is 16.7 Å². The number of hydrogen-bond acceptors (Lipinski definition) is 7. The lowest BCUT2D eigenvalue weighted by Gasteiger charge is -2.08. The van der Waals surface area contributed by atoms with Crippen molar-refractivity contribution in [3.63, 3.8) is 0 Å². The van der Waals surface area contributed by atoms with Gasteiger partial charge in [-0.25, -0.2) is 19.2 Å². The molecular formula is C18H8O8S. The lowest BCUT2D eigenvalue weighted by atomic mass is 10.0. The third kappa shape index (κ3) is 2.61. The van der Waals surface area contributed by atoms with E-state index in [2.05, 4.69) is 0 Å². The van der Waals surface area contributed by atoms with Gasteiger partial charge < -0.3 is 19.0 Å². The lowest BCUT2D eigenvalue weighted by molar-refractivity contribution is 0.0681. The lowest BCUT2D eigenvalue weighted by Crippen LogP contribution is -2.14. The standard InChI is InChI=1S/C18H8O8S/c19-15(20)10-5-7-4-8(12-2-1-3-27-12)14-9(13(7)25-17(10)23)6-11(16(21)22)18(24)26-14/h1-6H,(H,19,20)(H,21,22). The zero-order valence-corrected chi connectivity index (χ0v) is 14.0. The van der Waals surface area contributed by atoms with Crippen LogP contribution >= 0.6 is 11.3 Å². The number of carboxylic acids is 2. The second kappa shape index (κ2) is 5.92. The molecule has 0 spiro atoms. The van der Waals surface area contributed by atoms with Crippen LogP contribution in [-0.4, -0.2) is 22.2 Å². The fourth-order valence-electron chi connectivity index (χ4n) is 2.78. The molecule has 2 N–H and O–H groups in total. The summed E-state index contributed by atoms with van der Waals surface area (Å²) < 4.78 is 10.4. The van der Waals surface area contributed by atoms with Crippen molar-refractivity contribution in [3.8, 4) is 10.4 Å². The molecule has 0 saturated carbocycles. The van der Waals surface area contributed by atoms with Crippen molar-refractivity contribution in [1.82, 2.24) is 0 Å². The molecule has 8 nitrogen and oxygen atoms in total. The number of aromatic carboxylic acids is 2. The van der Waals surface area contributed by atoms with Crippen LogP contribution in [0.3, 0.4) is 0 Å². The monoisotopic (exact) mass is 384 g/mol. The van der Waals surface area contributed by atoms with E-state index in [1.54, 1.807) is 17.5 Å². The van der Waals surface area contributed by atoms with Crippen LogP contribution in [0.4, 0.5) is 0 Å². The summed E-state index contributed by atoms with van der Waals surface area (Å²) in [5.41, 5.74) is -2.89. The molecule has 4 aromatic rings. The van der Waals surface area contributed by atoms with Crippen LogP contribution in [0.5, 0.6) is 0 Å². The molecule has 3 heterocycles. The molecule has 0 fully saturated rings. The summed E-state index contributed by atoms with van der Waals surface area (Å²) in [5.74, 6) is -2.95. The van der Waals surface area contributed by atoms with Crippen molar-refractivity contribution in [2.45, 2.75) is 0 Å². The number of carboxylic acid groups (broad SMARTS) is 2. The van der Waals surface area contributed by atoms with Crippen LogP contribution in [0.1, 0.15) is 20.7 Å². The van der Waals surface area contributed by atoms with E-state index in [-0.39, 0.29) is 21.9 Å². The van der Waals surface area contributed by atoms with E-state index in [0.29, 0.717) is 10.4 Å². The van der Waals surface area contributed by atoms with E-state index >= 15 is 0 Å². The normalized spacial score (nSPS) is 11.1. The van der Waals surface area contributed by atoms with Gasteiger partial charge in [0, 0.05) is 15.8 Å². The van der Waals surface area contributed by atoms with Crippen molar-refractivity contribution < 1.29 is 28.6 Å². The smallest absolute Gasteiger partial charge is 0.351 e. The molecule has 134 valence electrons. The SMILES string of the molecule is O=C(O)c1cc2c(oc1=O)c(-c1cccs1)cc1cc(C(=O)O)c(=O)oc12. The summed E-state index contributed by atoms with van der Waals surface area (Å²) in [6.07, 6.45) is 0. The Balaban J connectivity index is 2.25. The number of carbonyl (C=O) groups is 2. The molecule has 27 heavy (non-hydrogen) atoms. The van der Waals surface area contributed by atoms with Gasteiger partial charge in [0.2, 0.25) is 0 Å². The van der Waals surface area contributed by atoms with E-state index in [9.17, 15) is 24.3 Å². The van der Waals surface area contributed by atoms with Gasteiger partial charge in [0.05, 0.1) is 5.39 Å². The molecule has 0 unspecified atom stereocenters. The van der Waals surface area contributed by atoms with Crippen LogP contribution in [0.2, 0.25) is 0 Å². The first-order chi connectivity index (χ1) is 12.9. The maximum absolute atomic E-state index is 12.0. The number of fused-ring (bicyclic) bond motifs is 3. The van der Waals surface area contributed by atoms with E-state index < -0.39 is 34.3 Å². The van der Waals surface area contributed by atoms with Crippen molar-refractivity contribution >= 4 is 45.2 Å². The fourth-order valence-corrected chi connectivity index (χ4v) is 3.52. The number of thiophene rings is 1. The quantitative estimate of drug-likeness (QED) is 0.406. The minimum Gasteiger partial charge on any atom is -0.477 e. The highest BCUT2D eigenvalue weighted by Crippen LogP contribution is 2.36. The first-order valence-corrected chi connectivity index (χ1v) is 8.34. The van der Waals surface area contributed by atoms with Crippen LogP contribution in [0.25, 0.3) is 32.4 Å². The average Bonchev–Trinajstić information content (AvgIpc) is 3.14. The summed E-state index contributed by atoms with van der Waals surface area (Å²) in [6.45, 7) is 0. The average molecular weight is 384 g/mol. The second-order valence-corrected chi connectivity index (χ2v) is 6.52. The summed E-state index contributed by atoms with van der Waals surface area (Å²) in [7, 11) is 0. The summed E-state index contributed by atoms with van der Waals surface area (Å²) in [4.78, 5) is 47.2. The summed E-state index contributed by atoms with van der Waals surface area (Å²) in [5, 5.41) is 20.5. The Morgan fingerprint density at radius 1 is 0.889 bits per heavy atom. The largest absolute Gasteiger partial charge is 0.477 e. The highest BCUT2D eigenvalue weighted by Gasteiger charge is 2.21. The highest BCUT2D eigenvalue weighted by atomic mass is 32.1. The van der Waals surface area contributed by atoms with Gasteiger partial charge in [0.15, 0.2) is 5.58 Å². The van der Waals surface area contributed by atoms with Gasteiger partial charge >= 0.3 is 23.2 Å². The van der Waals surface area contributed by atoms with E-state index in [4.69, 9.17) is 13.9 Å². The molecule has 0 bridgehead atoms. The predicted octanol–water partition coefficient (Wildman–Crippen LogP) is 3.02. The number of hydrogen-bond donors (Lipinski definition) is 2. The molecule has 0 atom stereocenters. The third-order valence-electron chi connectivity index (χ3n) is 3.96. The third-order valence-corrected chi connectivity index (χ3v) is 4.86. The van der Waals surface area contributed by atoms with E-state index in [1.165, 1.54) is 17.4 Å². The molecule has 4 rings (SSSR count). The number of rotatable bonds is 3. The van der Waals surface area contributed by atoms with Crippen LogP contribution in [0.15, 0.2) is 54.1 Å². The topological polar surface area (TPSA) is 135 Å². The van der Waals surface area contributed by atoms with Gasteiger partial charge in [-0.05, 0) is 29.6 Å². The minimum absolute atomic E-state index is 0.0474. The molecule has 0 aliphatic carbocycles. The minimum atomic E-state index is -1.50. The van der Waals surface area contributed by atoms with Gasteiger partial charge in [-0.15, -0.1) is 11.3 Å². The van der Waals surface area contributed by atoms with Gasteiger partial charge in [-0.3, -0.25) is 0 Å². The highest BCUT2D eigenvalue weighted by molar-refractivity contribution is 7.13. The van der Waals surface area contributed by atoms with Crippen molar-refractivity contribution in [2.75, 3.05) is 0 Å². The molecule has 9 heteroatoms. The van der Waals surface area contributed by atoms with E-state index in [0.717, 1.165) is 12.1 Å². The molecule has 0 aliphatic heterocycles. The zero-order valence-electron chi connectivity index (χ0n) is 13.2. The maximum atomic E-state index is 12.0. The van der Waals surface area contributed by atoms with Gasteiger partial charge in [-0.1, -0.05) is 6.07 Å². The molecule has 0 radical (unpaired) electrons. The molecule has 3 aromatic heterocycles.